The molecule has 2 aromatic carbocycles. The molecule has 3 aromatic rings. The highest BCUT2D eigenvalue weighted by molar-refractivity contribution is 5.87. The Morgan fingerprint density at radius 2 is 2.00 bits per heavy atom. The zero-order valence-corrected chi connectivity index (χ0v) is 16.8. The summed E-state index contributed by atoms with van der Waals surface area (Å²) >= 11 is 0. The molecule has 0 aliphatic heterocycles. The van der Waals surface area contributed by atoms with Gasteiger partial charge < -0.3 is 14.6 Å². The van der Waals surface area contributed by atoms with Gasteiger partial charge in [0.05, 0.1) is 17.6 Å². The monoisotopic (exact) mass is 389 g/mol. The molecule has 0 fully saturated rings. The van der Waals surface area contributed by atoms with Gasteiger partial charge in [0, 0.05) is 13.0 Å². The summed E-state index contributed by atoms with van der Waals surface area (Å²) < 4.78 is 8.24. The van der Waals surface area contributed by atoms with E-state index in [0.717, 1.165) is 34.6 Å². The molecule has 0 atom stereocenters. The molecule has 0 radical (unpaired) electrons. The Morgan fingerprint density at radius 1 is 1.21 bits per heavy atom. The van der Waals surface area contributed by atoms with Crippen LogP contribution < -0.4 is 10.1 Å². The number of imidazole rings is 1. The average molecular weight is 389 g/mol. The largest absolute Gasteiger partial charge is 0.491 e. The first kappa shape index (κ1) is 20.4. The van der Waals surface area contributed by atoms with Crippen LogP contribution in [0.4, 0.5) is 0 Å². The van der Waals surface area contributed by atoms with Crippen LogP contribution in [0.3, 0.4) is 0 Å². The molecule has 1 amide bonds. The minimum Gasteiger partial charge on any atom is -0.491 e. The number of para-hydroxylation sites is 3. The summed E-state index contributed by atoms with van der Waals surface area (Å²) in [7, 11) is 0. The van der Waals surface area contributed by atoms with Crippen LogP contribution in [0.2, 0.25) is 0 Å². The van der Waals surface area contributed by atoms with E-state index in [1.165, 1.54) is 6.08 Å². The van der Waals surface area contributed by atoms with Gasteiger partial charge in [-0.2, -0.15) is 0 Å². The van der Waals surface area contributed by atoms with Crippen LogP contribution in [-0.4, -0.2) is 28.6 Å². The summed E-state index contributed by atoms with van der Waals surface area (Å²) in [5.41, 5.74) is 3.16. The Bertz CT molecular complexity index is 1000. The molecular weight excluding hydrogens is 362 g/mol. The van der Waals surface area contributed by atoms with Gasteiger partial charge in [-0.3, -0.25) is 4.79 Å². The predicted octanol–water partition coefficient (Wildman–Crippen LogP) is 4.08. The molecule has 29 heavy (non-hydrogen) atoms. The molecule has 150 valence electrons. The van der Waals surface area contributed by atoms with Crippen molar-refractivity contribution in [2.24, 2.45) is 0 Å². The number of hydrogen-bond donors (Lipinski definition) is 1. The number of amides is 1. The number of ether oxygens (including phenoxy) is 1. The van der Waals surface area contributed by atoms with Crippen LogP contribution in [0.5, 0.6) is 5.75 Å². The maximum Gasteiger partial charge on any atom is 0.243 e. The van der Waals surface area contributed by atoms with Crippen molar-refractivity contribution in [2.45, 2.75) is 26.3 Å². The van der Waals surface area contributed by atoms with Crippen molar-refractivity contribution in [3.8, 4) is 5.75 Å². The second-order valence-corrected chi connectivity index (χ2v) is 6.66. The summed E-state index contributed by atoms with van der Waals surface area (Å²) in [5, 5.41) is 2.89. The van der Waals surface area contributed by atoms with Gasteiger partial charge in [0.1, 0.15) is 18.2 Å². The molecule has 0 aliphatic carbocycles. The van der Waals surface area contributed by atoms with Crippen LogP contribution in [0.25, 0.3) is 11.0 Å². The molecule has 0 unspecified atom stereocenters. The van der Waals surface area contributed by atoms with E-state index in [2.05, 4.69) is 28.6 Å². The minimum absolute atomic E-state index is 0.0858. The molecule has 5 heteroatoms. The van der Waals surface area contributed by atoms with E-state index in [0.29, 0.717) is 26.1 Å². The first-order chi connectivity index (χ1) is 14.2. The van der Waals surface area contributed by atoms with E-state index in [4.69, 9.17) is 9.72 Å². The number of allylic oxidation sites excluding steroid dienone is 2. The predicted molar refractivity (Wildman–Crippen MR) is 117 cm³/mol. The maximum absolute atomic E-state index is 11.7. The lowest BCUT2D eigenvalue weighted by molar-refractivity contribution is -0.116. The molecule has 0 spiro atoms. The minimum atomic E-state index is -0.0858. The molecule has 1 heterocycles. The SMILES string of the molecule is C=CCc1ccccc1OCCn1c(CCNC(=O)/C=C/C)nc2ccccc21. The second-order valence-electron chi connectivity index (χ2n) is 6.66. The summed E-state index contributed by atoms with van der Waals surface area (Å²) in [4.78, 5) is 16.4. The molecule has 5 nitrogen and oxygen atoms in total. The maximum atomic E-state index is 11.7. The third-order valence-electron chi connectivity index (χ3n) is 4.61. The summed E-state index contributed by atoms with van der Waals surface area (Å²) in [6.07, 6.45) is 6.57. The quantitative estimate of drug-likeness (QED) is 0.420. The van der Waals surface area contributed by atoms with E-state index in [-0.39, 0.29) is 5.91 Å². The lowest BCUT2D eigenvalue weighted by atomic mass is 10.1. The van der Waals surface area contributed by atoms with Crippen molar-refractivity contribution >= 4 is 16.9 Å². The Hall–Kier alpha value is -3.34. The molecule has 0 bridgehead atoms. The van der Waals surface area contributed by atoms with Crippen molar-refractivity contribution in [3.63, 3.8) is 0 Å². The third-order valence-corrected chi connectivity index (χ3v) is 4.61. The molecule has 3 rings (SSSR count). The molecule has 1 N–H and O–H groups in total. The lowest BCUT2D eigenvalue weighted by Gasteiger charge is -2.13. The fourth-order valence-corrected chi connectivity index (χ4v) is 3.29. The van der Waals surface area contributed by atoms with Gasteiger partial charge in [-0.25, -0.2) is 4.98 Å². The Kier molecular flexibility index (Phi) is 7.22. The topological polar surface area (TPSA) is 56.1 Å². The lowest BCUT2D eigenvalue weighted by Crippen LogP contribution is -2.24. The normalized spacial score (nSPS) is 11.1. The van der Waals surface area contributed by atoms with Crippen LogP contribution in [0, 0.1) is 0 Å². The Labute approximate surface area is 171 Å². The van der Waals surface area contributed by atoms with Crippen molar-refractivity contribution in [1.29, 1.82) is 0 Å². The Morgan fingerprint density at radius 3 is 2.83 bits per heavy atom. The number of rotatable bonds is 10. The van der Waals surface area contributed by atoms with Gasteiger partial charge in [-0.05, 0) is 43.2 Å². The fourth-order valence-electron chi connectivity index (χ4n) is 3.29. The Balaban J connectivity index is 1.70. The molecule has 0 saturated heterocycles. The van der Waals surface area contributed by atoms with Crippen molar-refractivity contribution < 1.29 is 9.53 Å². The number of carbonyl (C=O) groups is 1. The first-order valence-electron chi connectivity index (χ1n) is 9.89. The summed E-state index contributed by atoms with van der Waals surface area (Å²) in [6, 6.07) is 16.1. The first-order valence-corrected chi connectivity index (χ1v) is 9.89. The van der Waals surface area contributed by atoms with E-state index in [9.17, 15) is 4.79 Å². The van der Waals surface area contributed by atoms with E-state index < -0.39 is 0 Å². The fraction of sp³-hybridized carbons (Fsp3) is 0.250. The van der Waals surface area contributed by atoms with Gasteiger partial charge in [-0.1, -0.05) is 42.5 Å². The van der Waals surface area contributed by atoms with Crippen molar-refractivity contribution in [1.82, 2.24) is 14.9 Å². The zero-order valence-electron chi connectivity index (χ0n) is 16.8. The van der Waals surface area contributed by atoms with E-state index in [1.54, 1.807) is 6.08 Å². The summed E-state index contributed by atoms with van der Waals surface area (Å²) in [6.45, 7) is 7.39. The summed E-state index contributed by atoms with van der Waals surface area (Å²) in [5.74, 6) is 1.74. The number of fused-ring (bicyclic) bond motifs is 1. The molecule has 0 saturated carbocycles. The smallest absolute Gasteiger partial charge is 0.243 e. The number of nitrogens with zero attached hydrogens (tertiary/aromatic N) is 2. The van der Waals surface area contributed by atoms with E-state index in [1.807, 2.05) is 49.4 Å². The highest BCUT2D eigenvalue weighted by Crippen LogP contribution is 2.20. The molecular formula is C24H27N3O2. The van der Waals surface area contributed by atoms with Crippen LogP contribution in [0.15, 0.2) is 73.3 Å². The second kappa shape index (κ2) is 10.3. The van der Waals surface area contributed by atoms with Crippen LogP contribution in [0.1, 0.15) is 18.3 Å². The van der Waals surface area contributed by atoms with Crippen LogP contribution in [-0.2, 0) is 24.2 Å². The van der Waals surface area contributed by atoms with Gasteiger partial charge in [0.2, 0.25) is 5.91 Å². The molecule has 1 aromatic heterocycles. The van der Waals surface area contributed by atoms with Crippen molar-refractivity contribution in [3.05, 3.63) is 84.7 Å². The van der Waals surface area contributed by atoms with Gasteiger partial charge in [0.25, 0.3) is 0 Å². The average Bonchev–Trinajstić information content (AvgIpc) is 3.07. The van der Waals surface area contributed by atoms with Gasteiger partial charge >= 0.3 is 0 Å². The van der Waals surface area contributed by atoms with Crippen LogP contribution >= 0.6 is 0 Å². The highest BCUT2D eigenvalue weighted by atomic mass is 16.5. The number of carbonyl (C=O) groups excluding carboxylic acids is 1. The molecule has 0 aliphatic rings. The van der Waals surface area contributed by atoms with E-state index >= 15 is 0 Å². The number of aromatic nitrogens is 2. The highest BCUT2D eigenvalue weighted by Gasteiger charge is 2.11. The number of hydrogen-bond acceptors (Lipinski definition) is 3. The third kappa shape index (κ3) is 5.35. The number of nitrogens with one attached hydrogen (secondary N) is 1. The zero-order chi connectivity index (χ0) is 20.5. The van der Waals surface area contributed by atoms with Gasteiger partial charge in [-0.15, -0.1) is 6.58 Å². The van der Waals surface area contributed by atoms with Gasteiger partial charge in [0.15, 0.2) is 0 Å². The van der Waals surface area contributed by atoms with Crippen molar-refractivity contribution in [2.75, 3.05) is 13.2 Å². The standard InChI is InChI=1S/C24H27N3O2/c1-3-9-19-11-5-8-14-22(19)29-18-17-27-21-13-7-6-12-20(21)26-23(27)15-16-25-24(28)10-4-2/h3-8,10-14H,1,9,15-18H2,2H3,(H,25,28)/b10-4+. The number of benzene rings is 2.